The number of carbonyl (C=O) groups excluding carboxylic acids is 2. The maximum Gasteiger partial charge on any atom is 0.249 e. The van der Waals surface area contributed by atoms with Gasteiger partial charge in [-0.3, -0.25) is 14.5 Å². The third kappa shape index (κ3) is 5.42. The van der Waals surface area contributed by atoms with Crippen LogP contribution >= 0.6 is 11.3 Å². The number of ether oxygens (including phenoxy) is 2. The molecule has 4 rings (SSSR count). The molecule has 1 aliphatic rings. The summed E-state index contributed by atoms with van der Waals surface area (Å²) < 4.78 is 10.7. The number of anilines is 1. The van der Waals surface area contributed by atoms with Crippen molar-refractivity contribution in [1.82, 2.24) is 15.1 Å². The van der Waals surface area contributed by atoms with Gasteiger partial charge in [-0.25, -0.2) is 0 Å². The van der Waals surface area contributed by atoms with Crippen molar-refractivity contribution in [1.29, 1.82) is 0 Å². The lowest BCUT2D eigenvalue weighted by atomic mass is 10.0. The molecule has 0 aliphatic carbocycles. The molecule has 172 valence electrons. The molecule has 33 heavy (non-hydrogen) atoms. The molecule has 3 N–H and O–H groups in total. The van der Waals surface area contributed by atoms with Gasteiger partial charge in [0.25, 0.3) is 0 Å². The van der Waals surface area contributed by atoms with Crippen LogP contribution in [0.25, 0.3) is 21.1 Å². The van der Waals surface area contributed by atoms with Gasteiger partial charge in [-0.2, -0.15) is 0 Å². The van der Waals surface area contributed by atoms with Crippen LogP contribution in [0.4, 0.5) is 5.69 Å². The van der Waals surface area contributed by atoms with Crippen LogP contribution in [0.15, 0.2) is 42.5 Å². The van der Waals surface area contributed by atoms with Gasteiger partial charge in [-0.1, -0.05) is 47.7 Å². The van der Waals surface area contributed by atoms with Crippen LogP contribution in [-0.4, -0.2) is 66.9 Å². The zero-order chi connectivity index (χ0) is 23.2. The summed E-state index contributed by atoms with van der Waals surface area (Å²) in [6, 6.07) is 13.0. The van der Waals surface area contributed by atoms with Gasteiger partial charge in [0.05, 0.1) is 37.6 Å². The second-order valence-corrected chi connectivity index (χ2v) is 8.51. The van der Waals surface area contributed by atoms with Gasteiger partial charge in [0.1, 0.15) is 5.01 Å². The van der Waals surface area contributed by atoms with E-state index in [2.05, 4.69) is 15.5 Å². The maximum absolute atomic E-state index is 12.9. The first-order valence-electron chi connectivity index (χ1n) is 10.5. The van der Waals surface area contributed by atoms with Gasteiger partial charge in [0.2, 0.25) is 11.8 Å². The molecule has 2 amide bonds. The number of hydrogen-bond donors (Lipinski definition) is 2. The quantitative estimate of drug-likeness (QED) is 0.522. The number of nitrogens with two attached hydrogens (primary N) is 1. The van der Waals surface area contributed by atoms with E-state index in [4.69, 9.17) is 15.2 Å². The topological polar surface area (TPSA) is 120 Å². The molecule has 1 saturated heterocycles. The highest BCUT2D eigenvalue weighted by Gasteiger charge is 2.24. The van der Waals surface area contributed by atoms with Crippen molar-refractivity contribution < 1.29 is 19.1 Å². The molecule has 1 fully saturated rings. The van der Waals surface area contributed by atoms with E-state index in [1.165, 1.54) is 11.3 Å². The molecular weight excluding hydrogens is 442 g/mol. The minimum atomic E-state index is -0.617. The highest BCUT2D eigenvalue weighted by atomic mass is 32.1. The molecule has 0 atom stereocenters. The van der Waals surface area contributed by atoms with Crippen LogP contribution in [0.2, 0.25) is 0 Å². The number of rotatable bonds is 8. The predicted molar refractivity (Wildman–Crippen MR) is 126 cm³/mol. The standard InChI is InChI=1S/C23H25N5O4S/c1-31-14-16-7-8-17(21(24)30)19(20(16)25-18(29)13-28-9-11-32-12-10-28)23-27-26-22(33-23)15-5-3-2-4-6-15/h2-8H,9-14H2,1H3,(H2,24,30)(H,25,29). The summed E-state index contributed by atoms with van der Waals surface area (Å²) in [7, 11) is 1.57. The van der Waals surface area contributed by atoms with Crippen LogP contribution in [0.1, 0.15) is 15.9 Å². The van der Waals surface area contributed by atoms with Gasteiger partial charge in [-0.15, -0.1) is 10.2 Å². The van der Waals surface area contributed by atoms with Crippen LogP contribution in [-0.2, 0) is 20.9 Å². The number of carbonyl (C=O) groups is 2. The van der Waals surface area contributed by atoms with Gasteiger partial charge in [0.15, 0.2) is 5.01 Å². The summed E-state index contributed by atoms with van der Waals surface area (Å²) in [4.78, 5) is 27.3. The Morgan fingerprint density at radius 2 is 1.85 bits per heavy atom. The number of amides is 2. The molecule has 9 nitrogen and oxygen atoms in total. The summed E-state index contributed by atoms with van der Waals surface area (Å²) in [5.74, 6) is -0.820. The lowest BCUT2D eigenvalue weighted by Gasteiger charge is -2.26. The highest BCUT2D eigenvalue weighted by Crippen LogP contribution is 2.38. The second kappa shape index (κ2) is 10.6. The monoisotopic (exact) mass is 467 g/mol. The van der Waals surface area contributed by atoms with E-state index in [0.29, 0.717) is 53.1 Å². The fraction of sp³-hybridized carbons (Fsp3) is 0.304. The molecule has 2 aromatic carbocycles. The number of benzene rings is 2. The lowest BCUT2D eigenvalue weighted by molar-refractivity contribution is -0.118. The minimum absolute atomic E-state index is 0.204. The first kappa shape index (κ1) is 23.0. The van der Waals surface area contributed by atoms with Crippen LogP contribution in [0, 0.1) is 0 Å². The SMILES string of the molecule is COCc1ccc(C(N)=O)c(-c2nnc(-c3ccccc3)s2)c1NC(=O)CN1CCOCC1. The van der Waals surface area contributed by atoms with E-state index in [-0.39, 0.29) is 24.6 Å². The average Bonchev–Trinajstić information content (AvgIpc) is 3.31. The first-order valence-corrected chi connectivity index (χ1v) is 11.3. The van der Waals surface area contributed by atoms with Crippen molar-refractivity contribution in [2.75, 3.05) is 45.3 Å². The second-order valence-electron chi connectivity index (χ2n) is 7.53. The van der Waals surface area contributed by atoms with Crippen molar-refractivity contribution >= 4 is 28.8 Å². The summed E-state index contributed by atoms with van der Waals surface area (Å²) >= 11 is 1.33. The average molecular weight is 468 g/mol. The molecular formula is C23H25N5O4S. The molecule has 1 aliphatic heterocycles. The predicted octanol–water partition coefficient (Wildman–Crippen LogP) is 2.39. The third-order valence-electron chi connectivity index (χ3n) is 5.25. The van der Waals surface area contributed by atoms with Crippen molar-refractivity contribution in [3.63, 3.8) is 0 Å². The van der Waals surface area contributed by atoms with Gasteiger partial charge >= 0.3 is 0 Å². The Morgan fingerprint density at radius 1 is 1.12 bits per heavy atom. The van der Waals surface area contributed by atoms with Crippen molar-refractivity contribution in [2.45, 2.75) is 6.61 Å². The number of primary amides is 1. The normalized spacial score (nSPS) is 14.2. The summed E-state index contributed by atoms with van der Waals surface area (Å²) in [6.07, 6.45) is 0. The summed E-state index contributed by atoms with van der Waals surface area (Å²) in [5, 5.41) is 12.8. The van der Waals surface area contributed by atoms with Crippen molar-refractivity contribution in [3.05, 3.63) is 53.6 Å². The molecule has 0 saturated carbocycles. The molecule has 0 spiro atoms. The zero-order valence-corrected chi connectivity index (χ0v) is 19.1. The molecule has 0 bridgehead atoms. The molecule has 0 unspecified atom stereocenters. The van der Waals surface area contributed by atoms with Gasteiger partial charge < -0.3 is 20.5 Å². The molecule has 0 radical (unpaired) electrons. The Kier molecular flexibility index (Phi) is 7.40. The van der Waals surface area contributed by atoms with Gasteiger partial charge in [0, 0.05) is 36.9 Å². The lowest BCUT2D eigenvalue weighted by Crippen LogP contribution is -2.41. The number of nitrogens with one attached hydrogen (secondary N) is 1. The third-order valence-corrected chi connectivity index (χ3v) is 6.24. The number of morpholine rings is 1. The van der Waals surface area contributed by atoms with E-state index in [9.17, 15) is 9.59 Å². The number of nitrogens with zero attached hydrogens (tertiary/aromatic N) is 3. The largest absolute Gasteiger partial charge is 0.380 e. The van der Waals surface area contributed by atoms with E-state index >= 15 is 0 Å². The number of aromatic nitrogens is 2. The van der Waals surface area contributed by atoms with Crippen LogP contribution in [0.3, 0.4) is 0 Å². The smallest absolute Gasteiger partial charge is 0.249 e. The Balaban J connectivity index is 1.74. The molecule has 10 heteroatoms. The zero-order valence-electron chi connectivity index (χ0n) is 18.2. The summed E-state index contributed by atoms with van der Waals surface area (Å²) in [5.41, 5.74) is 8.48. The molecule has 1 aromatic heterocycles. The van der Waals surface area contributed by atoms with Crippen molar-refractivity contribution in [2.24, 2.45) is 5.73 Å². The Morgan fingerprint density at radius 3 is 2.55 bits per heavy atom. The van der Waals surface area contributed by atoms with E-state index < -0.39 is 5.91 Å². The number of hydrogen-bond acceptors (Lipinski definition) is 8. The fourth-order valence-electron chi connectivity index (χ4n) is 3.65. The van der Waals surface area contributed by atoms with E-state index in [1.54, 1.807) is 19.2 Å². The van der Waals surface area contributed by atoms with Crippen molar-refractivity contribution in [3.8, 4) is 21.1 Å². The first-order chi connectivity index (χ1) is 16.1. The molecule has 2 heterocycles. The number of methoxy groups -OCH3 is 1. The Hall–Kier alpha value is -3.18. The highest BCUT2D eigenvalue weighted by molar-refractivity contribution is 7.18. The Bertz CT molecular complexity index is 1130. The minimum Gasteiger partial charge on any atom is -0.380 e. The fourth-order valence-corrected chi connectivity index (χ4v) is 4.57. The van der Waals surface area contributed by atoms with E-state index in [1.807, 2.05) is 35.2 Å². The van der Waals surface area contributed by atoms with Crippen LogP contribution < -0.4 is 11.1 Å². The Labute approximate surface area is 195 Å². The van der Waals surface area contributed by atoms with Crippen LogP contribution in [0.5, 0.6) is 0 Å². The molecule has 3 aromatic rings. The van der Waals surface area contributed by atoms with Gasteiger partial charge in [-0.05, 0) is 6.07 Å². The maximum atomic E-state index is 12.9. The summed E-state index contributed by atoms with van der Waals surface area (Å²) in [6.45, 7) is 3.01. The van der Waals surface area contributed by atoms with E-state index in [0.717, 1.165) is 5.56 Å².